The zero-order chi connectivity index (χ0) is 13.4. The third-order valence-electron chi connectivity index (χ3n) is 3.09. The highest BCUT2D eigenvalue weighted by Crippen LogP contribution is 2.30. The Balaban J connectivity index is 2.07. The van der Waals surface area contributed by atoms with E-state index < -0.39 is 0 Å². The summed E-state index contributed by atoms with van der Waals surface area (Å²) in [7, 11) is 0. The number of H-pyrrole nitrogens is 1. The van der Waals surface area contributed by atoms with Gasteiger partial charge in [0.2, 0.25) is 0 Å². The van der Waals surface area contributed by atoms with Crippen LogP contribution in [0.3, 0.4) is 0 Å². The predicted octanol–water partition coefficient (Wildman–Crippen LogP) is 3.34. The van der Waals surface area contributed by atoms with Gasteiger partial charge in [-0.3, -0.25) is 5.10 Å². The summed E-state index contributed by atoms with van der Waals surface area (Å²) in [5.74, 6) is -0.302. The second kappa shape index (κ2) is 4.28. The van der Waals surface area contributed by atoms with Crippen LogP contribution in [-0.2, 0) is 0 Å². The first-order chi connectivity index (χ1) is 9.15. The average Bonchev–Trinajstić information content (AvgIpc) is 2.81. The summed E-state index contributed by atoms with van der Waals surface area (Å²) in [5, 5.41) is 10.8. The van der Waals surface area contributed by atoms with Crippen LogP contribution >= 0.6 is 0 Å². The van der Waals surface area contributed by atoms with Crippen molar-refractivity contribution < 1.29 is 4.39 Å². The molecule has 3 aromatic rings. The van der Waals surface area contributed by atoms with E-state index in [0.717, 1.165) is 16.5 Å². The molecule has 0 bridgehead atoms. The summed E-state index contributed by atoms with van der Waals surface area (Å²) < 4.78 is 13.8. The van der Waals surface area contributed by atoms with Crippen molar-refractivity contribution in [1.82, 2.24) is 10.2 Å². The van der Waals surface area contributed by atoms with Crippen molar-refractivity contribution in [3.8, 4) is 0 Å². The summed E-state index contributed by atoms with van der Waals surface area (Å²) in [6.45, 7) is 1.84. The topological polar surface area (TPSA) is 66.7 Å². The highest BCUT2D eigenvalue weighted by Gasteiger charge is 2.09. The number of aromatic nitrogens is 2. The molecule has 0 aliphatic carbocycles. The van der Waals surface area contributed by atoms with Crippen LogP contribution in [-0.4, -0.2) is 10.2 Å². The molecule has 2 aromatic carbocycles. The summed E-state index contributed by atoms with van der Waals surface area (Å²) in [6, 6.07) is 8.56. The Kier molecular flexibility index (Phi) is 2.59. The van der Waals surface area contributed by atoms with Crippen molar-refractivity contribution in [3.63, 3.8) is 0 Å². The van der Waals surface area contributed by atoms with Gasteiger partial charge in [-0.15, -0.1) is 0 Å². The number of hydrogen-bond donors (Lipinski definition) is 3. The van der Waals surface area contributed by atoms with Gasteiger partial charge in [0.15, 0.2) is 0 Å². The molecule has 0 saturated carbocycles. The van der Waals surface area contributed by atoms with Crippen molar-refractivity contribution in [3.05, 3.63) is 47.9 Å². The number of aromatic amines is 1. The Bertz CT molecular complexity index is 728. The van der Waals surface area contributed by atoms with Crippen LogP contribution in [0.25, 0.3) is 10.9 Å². The molecule has 0 spiro atoms. The average molecular weight is 256 g/mol. The smallest absolute Gasteiger partial charge is 0.146 e. The largest absolute Gasteiger partial charge is 0.397 e. The number of aryl methyl sites for hydroxylation is 1. The first-order valence-corrected chi connectivity index (χ1v) is 5.90. The minimum Gasteiger partial charge on any atom is -0.397 e. The monoisotopic (exact) mass is 256 g/mol. The Labute approximate surface area is 109 Å². The second-order valence-corrected chi connectivity index (χ2v) is 4.45. The molecule has 4 nitrogen and oxygen atoms in total. The maximum atomic E-state index is 13.8. The Morgan fingerprint density at radius 3 is 2.95 bits per heavy atom. The van der Waals surface area contributed by atoms with Gasteiger partial charge in [-0.1, -0.05) is 12.1 Å². The highest BCUT2D eigenvalue weighted by atomic mass is 19.1. The summed E-state index contributed by atoms with van der Waals surface area (Å²) >= 11 is 0. The SMILES string of the molecule is Cc1cccc(F)c1Nc1cc2[nH]ncc2cc1N. The molecular formula is C14H13FN4. The molecule has 5 heteroatoms. The van der Waals surface area contributed by atoms with Crippen molar-refractivity contribution in [2.45, 2.75) is 6.92 Å². The lowest BCUT2D eigenvalue weighted by atomic mass is 10.1. The lowest BCUT2D eigenvalue weighted by Gasteiger charge is -2.12. The minimum atomic E-state index is -0.302. The number of rotatable bonds is 2. The van der Waals surface area contributed by atoms with Gasteiger partial charge in [0.05, 0.1) is 28.8 Å². The van der Waals surface area contributed by atoms with E-state index in [0.29, 0.717) is 17.1 Å². The van der Waals surface area contributed by atoms with Crippen LogP contribution < -0.4 is 11.1 Å². The molecule has 0 unspecified atom stereocenters. The van der Waals surface area contributed by atoms with E-state index in [4.69, 9.17) is 5.73 Å². The van der Waals surface area contributed by atoms with Gasteiger partial charge in [-0.2, -0.15) is 5.10 Å². The van der Waals surface area contributed by atoms with E-state index >= 15 is 0 Å². The van der Waals surface area contributed by atoms with Gasteiger partial charge in [-0.25, -0.2) is 4.39 Å². The van der Waals surface area contributed by atoms with Gasteiger partial charge < -0.3 is 11.1 Å². The second-order valence-electron chi connectivity index (χ2n) is 4.45. The third kappa shape index (κ3) is 1.99. The normalized spacial score (nSPS) is 10.8. The van der Waals surface area contributed by atoms with Crippen LogP contribution in [0.15, 0.2) is 36.5 Å². The molecule has 0 atom stereocenters. The number of nitrogen functional groups attached to an aromatic ring is 1. The van der Waals surface area contributed by atoms with Crippen molar-refractivity contribution in [2.24, 2.45) is 0 Å². The van der Waals surface area contributed by atoms with Gasteiger partial charge >= 0.3 is 0 Å². The lowest BCUT2D eigenvalue weighted by molar-refractivity contribution is 0.631. The van der Waals surface area contributed by atoms with E-state index in [2.05, 4.69) is 15.5 Å². The standard InChI is InChI=1S/C14H13FN4/c1-8-3-2-4-10(15)14(8)18-13-6-12-9(5-11(13)16)7-17-19-12/h2-7,18H,16H2,1H3,(H,17,19). The van der Waals surface area contributed by atoms with E-state index in [9.17, 15) is 4.39 Å². The van der Waals surface area contributed by atoms with Crippen LogP contribution in [0, 0.1) is 12.7 Å². The molecule has 0 amide bonds. The number of nitrogens with one attached hydrogen (secondary N) is 2. The summed E-state index contributed by atoms with van der Waals surface area (Å²) in [4.78, 5) is 0. The number of nitrogens with two attached hydrogens (primary N) is 1. The number of fused-ring (bicyclic) bond motifs is 1. The van der Waals surface area contributed by atoms with Crippen LogP contribution in [0.4, 0.5) is 21.5 Å². The highest BCUT2D eigenvalue weighted by molar-refractivity contribution is 5.90. The van der Waals surface area contributed by atoms with Crippen LogP contribution in [0.1, 0.15) is 5.56 Å². The lowest BCUT2D eigenvalue weighted by Crippen LogP contribution is -2.00. The maximum Gasteiger partial charge on any atom is 0.146 e. The molecule has 0 radical (unpaired) electrons. The summed E-state index contributed by atoms with van der Waals surface area (Å²) in [5.41, 5.74) is 9.29. The molecule has 0 aliphatic heterocycles. The number of benzene rings is 2. The number of nitrogens with zero attached hydrogens (tertiary/aromatic N) is 1. The molecular weight excluding hydrogens is 243 g/mol. The molecule has 0 saturated heterocycles. The van der Waals surface area contributed by atoms with Crippen molar-refractivity contribution in [2.75, 3.05) is 11.1 Å². The van der Waals surface area contributed by atoms with Crippen molar-refractivity contribution >= 4 is 28.0 Å². The molecule has 4 N–H and O–H groups in total. The summed E-state index contributed by atoms with van der Waals surface area (Å²) in [6.07, 6.45) is 1.70. The molecule has 3 rings (SSSR count). The quantitative estimate of drug-likeness (QED) is 0.616. The molecule has 19 heavy (non-hydrogen) atoms. The number of halogens is 1. The van der Waals surface area contributed by atoms with Gasteiger partial charge in [0, 0.05) is 5.39 Å². The molecule has 0 fully saturated rings. The fraction of sp³-hybridized carbons (Fsp3) is 0.0714. The van der Waals surface area contributed by atoms with Crippen molar-refractivity contribution in [1.29, 1.82) is 0 Å². The number of hydrogen-bond acceptors (Lipinski definition) is 3. The predicted molar refractivity (Wildman–Crippen MR) is 74.9 cm³/mol. The maximum absolute atomic E-state index is 13.8. The third-order valence-corrected chi connectivity index (χ3v) is 3.09. The molecule has 96 valence electrons. The number of para-hydroxylation sites is 1. The Hall–Kier alpha value is -2.56. The van der Waals surface area contributed by atoms with E-state index in [1.54, 1.807) is 18.3 Å². The number of anilines is 3. The molecule has 1 heterocycles. The van der Waals surface area contributed by atoms with Gasteiger partial charge in [-0.05, 0) is 30.7 Å². The van der Waals surface area contributed by atoms with Gasteiger partial charge in [0.25, 0.3) is 0 Å². The van der Waals surface area contributed by atoms with E-state index in [1.807, 2.05) is 19.1 Å². The molecule has 0 aliphatic rings. The fourth-order valence-electron chi connectivity index (χ4n) is 2.04. The zero-order valence-corrected chi connectivity index (χ0v) is 10.4. The fourth-order valence-corrected chi connectivity index (χ4v) is 2.04. The van der Waals surface area contributed by atoms with E-state index in [-0.39, 0.29) is 5.82 Å². The first-order valence-electron chi connectivity index (χ1n) is 5.90. The van der Waals surface area contributed by atoms with Crippen LogP contribution in [0.2, 0.25) is 0 Å². The van der Waals surface area contributed by atoms with E-state index in [1.165, 1.54) is 6.07 Å². The van der Waals surface area contributed by atoms with Gasteiger partial charge in [0.1, 0.15) is 5.82 Å². The first kappa shape index (κ1) is 11.5. The Morgan fingerprint density at radius 1 is 1.32 bits per heavy atom. The van der Waals surface area contributed by atoms with Crippen LogP contribution in [0.5, 0.6) is 0 Å². The minimum absolute atomic E-state index is 0.302. The molecule has 1 aromatic heterocycles. The zero-order valence-electron chi connectivity index (χ0n) is 10.4. The Morgan fingerprint density at radius 2 is 2.16 bits per heavy atom.